The first kappa shape index (κ1) is 7.80. The lowest BCUT2D eigenvalue weighted by molar-refractivity contribution is 0.0754. The van der Waals surface area contributed by atoms with E-state index >= 15 is 0 Å². The first-order chi connectivity index (χ1) is 5.88. The highest BCUT2D eigenvalue weighted by molar-refractivity contribution is 4.86. The quantitative estimate of drug-likeness (QED) is 0.684. The summed E-state index contributed by atoms with van der Waals surface area (Å²) in [4.78, 5) is 3.98. The highest BCUT2D eigenvalue weighted by Gasteiger charge is 2.23. The van der Waals surface area contributed by atoms with Gasteiger partial charge in [-0.05, 0) is 12.8 Å². The molecule has 1 unspecified atom stereocenters. The van der Waals surface area contributed by atoms with Crippen LogP contribution in [0.25, 0.3) is 0 Å². The Morgan fingerprint density at radius 1 is 1.33 bits per heavy atom. The zero-order valence-corrected chi connectivity index (χ0v) is 7.06. The molecule has 3 nitrogen and oxygen atoms in total. The minimum absolute atomic E-state index is 0.173. The molecule has 0 amide bonds. The van der Waals surface area contributed by atoms with E-state index in [1.54, 1.807) is 12.5 Å². The van der Waals surface area contributed by atoms with Crippen molar-refractivity contribution in [1.82, 2.24) is 9.55 Å². The van der Waals surface area contributed by atoms with E-state index in [0.29, 0.717) is 0 Å². The van der Waals surface area contributed by atoms with Crippen molar-refractivity contribution in [3.8, 4) is 0 Å². The van der Waals surface area contributed by atoms with Crippen molar-refractivity contribution in [2.75, 3.05) is 0 Å². The van der Waals surface area contributed by atoms with Crippen molar-refractivity contribution in [1.29, 1.82) is 0 Å². The van der Waals surface area contributed by atoms with Gasteiger partial charge in [0.25, 0.3) is 0 Å². The molecule has 1 aromatic heterocycles. The molecule has 2 rings (SSSR count). The van der Waals surface area contributed by atoms with Crippen molar-refractivity contribution in [3.05, 3.63) is 18.7 Å². The molecule has 0 bridgehead atoms. The Balaban J connectivity index is 2.11. The monoisotopic (exact) mass is 166 g/mol. The van der Waals surface area contributed by atoms with E-state index in [1.165, 1.54) is 6.42 Å². The highest BCUT2D eigenvalue weighted by Crippen LogP contribution is 2.27. The van der Waals surface area contributed by atoms with Crippen LogP contribution in [-0.4, -0.2) is 20.8 Å². The molecule has 1 heterocycles. The fourth-order valence-electron chi connectivity index (χ4n) is 1.91. The lowest BCUT2D eigenvalue weighted by atomic mass is 9.92. The molecular formula is C9H14N2O. The van der Waals surface area contributed by atoms with Crippen molar-refractivity contribution in [2.45, 2.75) is 37.8 Å². The van der Waals surface area contributed by atoms with Gasteiger partial charge in [0.1, 0.15) is 0 Å². The fourth-order valence-corrected chi connectivity index (χ4v) is 1.91. The second kappa shape index (κ2) is 3.27. The number of rotatable bonds is 1. The topological polar surface area (TPSA) is 38.0 Å². The molecular weight excluding hydrogens is 152 g/mol. The summed E-state index contributed by atoms with van der Waals surface area (Å²) >= 11 is 0. The summed E-state index contributed by atoms with van der Waals surface area (Å²) in [6.45, 7) is 0. The van der Waals surface area contributed by atoms with Crippen LogP contribution < -0.4 is 0 Å². The van der Waals surface area contributed by atoms with Crippen LogP contribution in [0.5, 0.6) is 0 Å². The van der Waals surface area contributed by atoms with Crippen LogP contribution in [0.2, 0.25) is 0 Å². The summed E-state index contributed by atoms with van der Waals surface area (Å²) in [5, 5.41) is 9.69. The summed E-state index contributed by atoms with van der Waals surface area (Å²) < 4.78 is 2.02. The van der Waals surface area contributed by atoms with Gasteiger partial charge in [0.2, 0.25) is 0 Å². The molecule has 1 aliphatic rings. The van der Waals surface area contributed by atoms with Gasteiger partial charge >= 0.3 is 0 Å². The lowest BCUT2D eigenvalue weighted by Crippen LogP contribution is -2.26. The van der Waals surface area contributed by atoms with Crippen LogP contribution in [-0.2, 0) is 0 Å². The number of imidazole rings is 1. The third kappa shape index (κ3) is 1.37. The largest absolute Gasteiger partial charge is 0.391 e. The Bertz CT molecular complexity index is 233. The average Bonchev–Trinajstić information content (AvgIpc) is 2.57. The number of hydrogen-bond donors (Lipinski definition) is 1. The van der Waals surface area contributed by atoms with Crippen molar-refractivity contribution in [3.63, 3.8) is 0 Å². The number of aliphatic hydroxyl groups excluding tert-OH is 1. The summed E-state index contributed by atoms with van der Waals surface area (Å²) in [6, 6.07) is 0.265. The van der Waals surface area contributed by atoms with Gasteiger partial charge in [-0.3, -0.25) is 0 Å². The van der Waals surface area contributed by atoms with Gasteiger partial charge in [-0.1, -0.05) is 12.8 Å². The summed E-state index contributed by atoms with van der Waals surface area (Å²) in [6.07, 6.45) is 9.71. The van der Waals surface area contributed by atoms with Crippen LogP contribution in [0.15, 0.2) is 18.7 Å². The van der Waals surface area contributed by atoms with Crippen LogP contribution >= 0.6 is 0 Å². The Hall–Kier alpha value is -0.830. The zero-order chi connectivity index (χ0) is 8.39. The first-order valence-corrected chi connectivity index (χ1v) is 4.53. The van der Waals surface area contributed by atoms with E-state index < -0.39 is 0 Å². The predicted octanol–water partition coefficient (Wildman–Crippen LogP) is 1.36. The number of hydrogen-bond acceptors (Lipinski definition) is 2. The molecule has 0 spiro atoms. The fraction of sp³-hybridized carbons (Fsp3) is 0.667. The molecule has 1 aromatic rings. The summed E-state index contributed by atoms with van der Waals surface area (Å²) in [5.41, 5.74) is 0. The number of aromatic nitrogens is 2. The Labute approximate surface area is 72.0 Å². The molecule has 66 valence electrons. The maximum absolute atomic E-state index is 9.69. The smallest absolute Gasteiger partial charge is 0.0949 e. The van der Waals surface area contributed by atoms with Crippen molar-refractivity contribution in [2.24, 2.45) is 0 Å². The van der Waals surface area contributed by atoms with Gasteiger partial charge in [0.05, 0.1) is 18.5 Å². The van der Waals surface area contributed by atoms with Crippen molar-refractivity contribution < 1.29 is 5.11 Å². The highest BCUT2D eigenvalue weighted by atomic mass is 16.3. The van der Waals surface area contributed by atoms with Gasteiger partial charge in [-0.2, -0.15) is 0 Å². The van der Waals surface area contributed by atoms with E-state index in [2.05, 4.69) is 4.98 Å². The van der Waals surface area contributed by atoms with E-state index in [1.807, 2.05) is 10.8 Å². The molecule has 0 radical (unpaired) electrons. The van der Waals surface area contributed by atoms with Crippen LogP contribution in [0.1, 0.15) is 31.7 Å². The van der Waals surface area contributed by atoms with Crippen LogP contribution in [0.4, 0.5) is 0 Å². The third-order valence-corrected chi connectivity index (χ3v) is 2.60. The van der Waals surface area contributed by atoms with E-state index in [-0.39, 0.29) is 12.1 Å². The second-order valence-corrected chi connectivity index (χ2v) is 3.43. The Kier molecular flexibility index (Phi) is 2.13. The normalized spacial score (nSPS) is 30.4. The van der Waals surface area contributed by atoms with Gasteiger partial charge in [0, 0.05) is 12.4 Å². The Morgan fingerprint density at radius 3 is 2.83 bits per heavy atom. The maximum atomic E-state index is 9.69. The van der Waals surface area contributed by atoms with E-state index in [4.69, 9.17) is 0 Å². The third-order valence-electron chi connectivity index (χ3n) is 2.60. The first-order valence-electron chi connectivity index (χ1n) is 4.53. The maximum Gasteiger partial charge on any atom is 0.0949 e. The van der Waals surface area contributed by atoms with Gasteiger partial charge in [-0.15, -0.1) is 0 Å². The minimum Gasteiger partial charge on any atom is -0.391 e. The van der Waals surface area contributed by atoms with Crippen LogP contribution in [0.3, 0.4) is 0 Å². The molecule has 1 aliphatic carbocycles. The lowest BCUT2D eigenvalue weighted by Gasteiger charge is -2.28. The predicted molar refractivity (Wildman–Crippen MR) is 45.7 cm³/mol. The molecule has 1 N–H and O–H groups in total. The van der Waals surface area contributed by atoms with Gasteiger partial charge in [0.15, 0.2) is 0 Å². The van der Waals surface area contributed by atoms with Gasteiger partial charge in [-0.25, -0.2) is 4.98 Å². The standard InChI is InChI=1S/C9H14N2O/c12-9-4-2-1-3-8(9)11-6-5-10-7-11/h5-9,12H,1-4H2/t8-,9?/m0/s1. The molecule has 12 heavy (non-hydrogen) atoms. The second-order valence-electron chi connectivity index (χ2n) is 3.43. The molecule has 3 heteroatoms. The van der Waals surface area contributed by atoms with Crippen molar-refractivity contribution >= 4 is 0 Å². The van der Waals surface area contributed by atoms with Gasteiger partial charge < -0.3 is 9.67 Å². The molecule has 0 aliphatic heterocycles. The summed E-state index contributed by atoms with van der Waals surface area (Å²) in [5.74, 6) is 0. The molecule has 0 aromatic carbocycles. The van der Waals surface area contributed by atoms with E-state index in [9.17, 15) is 5.11 Å². The molecule has 0 saturated heterocycles. The summed E-state index contributed by atoms with van der Waals surface area (Å²) in [7, 11) is 0. The Morgan fingerprint density at radius 2 is 2.17 bits per heavy atom. The molecule has 1 saturated carbocycles. The SMILES string of the molecule is OC1CCCC[C@@H]1n1ccnc1. The molecule has 1 fully saturated rings. The molecule has 2 atom stereocenters. The van der Waals surface area contributed by atoms with Crippen LogP contribution in [0, 0.1) is 0 Å². The average molecular weight is 166 g/mol. The minimum atomic E-state index is -0.173. The zero-order valence-electron chi connectivity index (χ0n) is 7.06. The number of nitrogens with zero attached hydrogens (tertiary/aromatic N) is 2. The number of aliphatic hydroxyl groups is 1. The van der Waals surface area contributed by atoms with E-state index in [0.717, 1.165) is 19.3 Å².